The molecule has 0 aliphatic carbocycles. The molecule has 0 atom stereocenters. The van der Waals surface area contributed by atoms with E-state index in [-0.39, 0.29) is 24.2 Å². The topological polar surface area (TPSA) is 46.9 Å². The van der Waals surface area contributed by atoms with Crippen LogP contribution in [-0.2, 0) is 11.3 Å². The van der Waals surface area contributed by atoms with Gasteiger partial charge in [0.1, 0.15) is 5.88 Å². The first kappa shape index (κ1) is 14.3. The number of hydrogen-bond donors (Lipinski definition) is 1. The molecule has 1 heterocycles. The van der Waals surface area contributed by atoms with Crippen molar-refractivity contribution < 1.29 is 4.79 Å². The highest BCUT2D eigenvalue weighted by Gasteiger charge is 1.96. The van der Waals surface area contributed by atoms with Crippen molar-refractivity contribution in [2.24, 2.45) is 0 Å². The first-order valence-corrected chi connectivity index (χ1v) is 5.15. The molecule has 0 saturated heterocycles. The average molecular weight is 252 g/mol. The molecule has 0 bridgehead atoms. The van der Waals surface area contributed by atoms with E-state index in [9.17, 15) is 4.79 Å². The van der Waals surface area contributed by atoms with Gasteiger partial charge in [0, 0.05) is 25.5 Å². The molecular weight excluding hydrogens is 237 g/mol. The molecule has 0 saturated carbocycles. The van der Waals surface area contributed by atoms with Crippen LogP contribution in [0.5, 0.6) is 0 Å². The van der Waals surface area contributed by atoms with Gasteiger partial charge in [-0.3, -0.25) is 4.79 Å². The Labute approximate surface area is 100 Å². The van der Waals surface area contributed by atoms with Crippen LogP contribution in [0.2, 0.25) is 0 Å². The molecule has 1 aromatic heterocycles. The number of nitrogens with one attached hydrogen (secondary N) is 1. The van der Waals surface area contributed by atoms with Gasteiger partial charge in [-0.15, -0.1) is 24.0 Å². The van der Waals surface area contributed by atoms with Gasteiger partial charge >= 0.3 is 0 Å². The molecule has 0 aliphatic heterocycles. The van der Waals surface area contributed by atoms with E-state index < -0.39 is 0 Å². The maximum atomic E-state index is 10.7. The number of aromatic nitrogens is 2. The zero-order chi connectivity index (χ0) is 10.2. The van der Waals surface area contributed by atoms with Crippen LogP contribution in [0.4, 0.5) is 0 Å². The van der Waals surface area contributed by atoms with Crippen LogP contribution in [-0.4, -0.2) is 27.9 Å². The van der Waals surface area contributed by atoms with Crippen molar-refractivity contribution in [2.45, 2.75) is 19.4 Å². The van der Waals surface area contributed by atoms with Gasteiger partial charge < -0.3 is 9.88 Å². The van der Waals surface area contributed by atoms with Crippen molar-refractivity contribution in [1.82, 2.24) is 14.9 Å². The van der Waals surface area contributed by atoms with Crippen molar-refractivity contribution in [1.29, 1.82) is 0 Å². The van der Waals surface area contributed by atoms with Gasteiger partial charge in [-0.1, -0.05) is 0 Å². The first-order valence-electron chi connectivity index (χ1n) is 4.61. The Morgan fingerprint density at radius 1 is 1.47 bits per heavy atom. The molecule has 0 aliphatic rings. The summed E-state index contributed by atoms with van der Waals surface area (Å²) in [6.45, 7) is 1.64. The number of rotatable bonds is 6. The third-order valence-electron chi connectivity index (χ3n) is 1.85. The van der Waals surface area contributed by atoms with Crippen molar-refractivity contribution in [3.8, 4) is 0 Å². The molecule has 0 fully saturated rings. The quantitative estimate of drug-likeness (QED) is 0.615. The molecule has 6 heteroatoms. The Kier molecular flexibility index (Phi) is 8.14. The lowest BCUT2D eigenvalue weighted by atomic mass is 10.3. The molecule has 15 heavy (non-hydrogen) atoms. The van der Waals surface area contributed by atoms with Crippen molar-refractivity contribution >= 4 is 29.9 Å². The van der Waals surface area contributed by atoms with Gasteiger partial charge in [-0.05, 0) is 12.8 Å². The molecule has 1 amide bonds. The van der Waals surface area contributed by atoms with E-state index in [1.165, 1.54) is 0 Å². The summed E-state index contributed by atoms with van der Waals surface area (Å²) < 4.78 is 2.02. The summed E-state index contributed by atoms with van der Waals surface area (Å²) in [7, 11) is 0. The van der Waals surface area contributed by atoms with E-state index in [4.69, 9.17) is 11.6 Å². The first-order chi connectivity index (χ1) is 6.83. The van der Waals surface area contributed by atoms with Gasteiger partial charge in [-0.25, -0.2) is 4.98 Å². The van der Waals surface area contributed by atoms with E-state index in [0.717, 1.165) is 19.4 Å². The van der Waals surface area contributed by atoms with Gasteiger partial charge in [0.05, 0.1) is 6.33 Å². The fraction of sp³-hybridized carbons (Fsp3) is 0.556. The number of halogens is 2. The van der Waals surface area contributed by atoms with Crippen LogP contribution in [0.3, 0.4) is 0 Å². The maximum Gasteiger partial charge on any atom is 0.234 e. The highest BCUT2D eigenvalue weighted by molar-refractivity contribution is 6.27. The third-order valence-corrected chi connectivity index (χ3v) is 2.09. The summed E-state index contributed by atoms with van der Waals surface area (Å²) in [5.74, 6) is -0.0593. The van der Waals surface area contributed by atoms with Gasteiger partial charge in [0.2, 0.25) is 5.91 Å². The maximum absolute atomic E-state index is 10.7. The molecule has 86 valence electrons. The van der Waals surface area contributed by atoms with Gasteiger partial charge in [-0.2, -0.15) is 0 Å². The molecule has 1 aromatic rings. The Bertz CT molecular complexity index is 264. The van der Waals surface area contributed by atoms with Crippen molar-refractivity contribution in [3.63, 3.8) is 0 Å². The second kappa shape index (κ2) is 8.56. The van der Waals surface area contributed by atoms with Crippen LogP contribution < -0.4 is 5.32 Å². The summed E-state index contributed by atoms with van der Waals surface area (Å²) in [5, 5.41) is 2.72. The van der Waals surface area contributed by atoms with E-state index in [2.05, 4.69) is 10.3 Å². The number of hydrogen-bond acceptors (Lipinski definition) is 2. The second-order valence-corrected chi connectivity index (χ2v) is 3.26. The van der Waals surface area contributed by atoms with Crippen LogP contribution in [0.1, 0.15) is 12.8 Å². The largest absolute Gasteiger partial charge is 0.355 e. The Morgan fingerprint density at radius 2 is 2.27 bits per heavy atom. The summed E-state index contributed by atoms with van der Waals surface area (Å²) in [6, 6.07) is 0. The van der Waals surface area contributed by atoms with Crippen molar-refractivity contribution in [2.75, 3.05) is 12.4 Å². The predicted octanol–water partition coefficient (Wildman–Crippen LogP) is 1.44. The van der Waals surface area contributed by atoms with Crippen LogP contribution in [0, 0.1) is 0 Å². The van der Waals surface area contributed by atoms with Gasteiger partial charge in [0.25, 0.3) is 0 Å². The average Bonchev–Trinajstić information content (AvgIpc) is 2.69. The lowest BCUT2D eigenvalue weighted by Crippen LogP contribution is -2.25. The van der Waals surface area contributed by atoms with E-state index in [1.54, 1.807) is 12.5 Å². The summed E-state index contributed by atoms with van der Waals surface area (Å²) in [6.07, 6.45) is 7.46. The monoisotopic (exact) mass is 251 g/mol. The molecule has 4 nitrogen and oxygen atoms in total. The minimum atomic E-state index is -0.103. The number of nitrogens with zero attached hydrogens (tertiary/aromatic N) is 2. The summed E-state index contributed by atoms with van der Waals surface area (Å²) in [5.41, 5.74) is 0. The molecule has 0 aromatic carbocycles. The number of carbonyl (C=O) groups is 1. The number of alkyl halides is 1. The molecule has 1 N–H and O–H groups in total. The summed E-state index contributed by atoms with van der Waals surface area (Å²) >= 11 is 5.32. The Balaban J connectivity index is 0.00000196. The van der Waals surface area contributed by atoms with Crippen LogP contribution >= 0.6 is 24.0 Å². The summed E-state index contributed by atoms with van der Waals surface area (Å²) in [4.78, 5) is 14.7. The third kappa shape index (κ3) is 6.36. The SMILES string of the molecule is Cl.O=C(CCl)NCCCCn1ccnc1. The second-order valence-electron chi connectivity index (χ2n) is 2.99. The van der Waals surface area contributed by atoms with Crippen LogP contribution in [0.25, 0.3) is 0 Å². The zero-order valence-corrected chi connectivity index (χ0v) is 9.93. The standard InChI is InChI=1S/C9H14ClN3O.ClH/c10-7-9(14)12-3-1-2-5-13-6-4-11-8-13;/h4,6,8H,1-3,5,7H2,(H,12,14);1H. The molecule has 0 unspecified atom stereocenters. The zero-order valence-electron chi connectivity index (χ0n) is 8.36. The fourth-order valence-corrected chi connectivity index (χ4v) is 1.21. The molecule has 1 rings (SSSR count). The molecular formula is C9H15Cl2N3O. The number of carbonyl (C=O) groups excluding carboxylic acids is 1. The highest BCUT2D eigenvalue weighted by atomic mass is 35.5. The minimum absolute atomic E-state index is 0. The molecule has 0 radical (unpaired) electrons. The lowest BCUT2D eigenvalue weighted by molar-refractivity contribution is -0.118. The minimum Gasteiger partial charge on any atom is -0.355 e. The van der Waals surface area contributed by atoms with E-state index in [0.29, 0.717) is 6.54 Å². The normalized spacial score (nSPS) is 9.40. The van der Waals surface area contributed by atoms with E-state index in [1.807, 2.05) is 10.8 Å². The number of amides is 1. The number of unbranched alkanes of at least 4 members (excludes halogenated alkanes) is 1. The number of aryl methyl sites for hydroxylation is 1. The van der Waals surface area contributed by atoms with Gasteiger partial charge in [0.15, 0.2) is 0 Å². The van der Waals surface area contributed by atoms with E-state index >= 15 is 0 Å². The highest BCUT2D eigenvalue weighted by Crippen LogP contribution is 1.93. The van der Waals surface area contributed by atoms with Crippen molar-refractivity contribution in [3.05, 3.63) is 18.7 Å². The molecule has 0 spiro atoms. The lowest BCUT2D eigenvalue weighted by Gasteiger charge is -2.03. The number of imidazole rings is 1. The Hall–Kier alpha value is -0.740. The predicted molar refractivity (Wildman–Crippen MR) is 62.4 cm³/mol. The smallest absolute Gasteiger partial charge is 0.234 e. The Morgan fingerprint density at radius 3 is 2.87 bits per heavy atom. The fourth-order valence-electron chi connectivity index (χ4n) is 1.11. The van der Waals surface area contributed by atoms with Crippen LogP contribution in [0.15, 0.2) is 18.7 Å².